The summed E-state index contributed by atoms with van der Waals surface area (Å²) in [5.74, 6) is -0.384. The van der Waals surface area contributed by atoms with Crippen LogP contribution in [0.1, 0.15) is 17.5 Å². The van der Waals surface area contributed by atoms with Gasteiger partial charge < -0.3 is 9.15 Å². The molecule has 7 nitrogen and oxygen atoms in total. The van der Waals surface area contributed by atoms with E-state index in [2.05, 4.69) is 30.6 Å². The predicted octanol–water partition coefficient (Wildman–Crippen LogP) is 3.40. The summed E-state index contributed by atoms with van der Waals surface area (Å²) in [5.41, 5.74) is 2.06. The second-order valence-corrected chi connectivity index (χ2v) is 8.92. The van der Waals surface area contributed by atoms with Gasteiger partial charge in [0.05, 0.1) is 18.3 Å². The predicted molar refractivity (Wildman–Crippen MR) is 111 cm³/mol. The minimum Gasteiger partial charge on any atom is -0.469 e. The van der Waals surface area contributed by atoms with E-state index < -0.39 is 10.0 Å². The molecule has 152 valence electrons. The molecule has 0 radical (unpaired) electrons. The van der Waals surface area contributed by atoms with Gasteiger partial charge in [-0.1, -0.05) is 33.6 Å². The summed E-state index contributed by atoms with van der Waals surface area (Å²) < 4.78 is 36.3. The number of nitrogens with one attached hydrogen (secondary N) is 1. The van der Waals surface area contributed by atoms with Crippen molar-refractivity contribution in [1.29, 1.82) is 0 Å². The molecule has 3 aromatic rings. The number of carbonyl (C=O) groups is 1. The largest absolute Gasteiger partial charge is 0.469 e. The fourth-order valence-corrected chi connectivity index (χ4v) is 3.85. The van der Waals surface area contributed by atoms with Crippen LogP contribution in [0.3, 0.4) is 0 Å². The van der Waals surface area contributed by atoms with Crippen molar-refractivity contribution < 1.29 is 22.4 Å². The molecule has 0 amide bonds. The smallest absolute Gasteiger partial charge is 0.305 e. The van der Waals surface area contributed by atoms with Crippen LogP contribution in [0.15, 0.2) is 67.6 Å². The third kappa shape index (κ3) is 5.04. The number of halogens is 1. The van der Waals surface area contributed by atoms with E-state index in [1.807, 2.05) is 6.92 Å². The maximum absolute atomic E-state index is 12.6. The van der Waals surface area contributed by atoms with E-state index in [9.17, 15) is 13.2 Å². The molecule has 3 rings (SSSR count). The normalized spacial score (nSPS) is 12.2. The summed E-state index contributed by atoms with van der Waals surface area (Å²) in [5, 5.41) is 5.17. The summed E-state index contributed by atoms with van der Waals surface area (Å²) in [4.78, 5) is 13.9. The van der Waals surface area contributed by atoms with E-state index in [0.717, 1.165) is 10.0 Å². The molecule has 0 unspecified atom stereocenters. The van der Waals surface area contributed by atoms with E-state index in [0.29, 0.717) is 21.9 Å². The minimum absolute atomic E-state index is 0.106. The third-order valence-electron chi connectivity index (χ3n) is 4.26. The van der Waals surface area contributed by atoms with Gasteiger partial charge in [0, 0.05) is 21.8 Å². The Balaban J connectivity index is 2.07. The Morgan fingerprint density at radius 3 is 2.62 bits per heavy atom. The SMILES string of the molecule is COC(=O)CCc1coc2ccc(Br)cc2/c1=N\NS(=O)(=O)c1ccc(C)cc1. The van der Waals surface area contributed by atoms with Crippen molar-refractivity contribution in [2.75, 3.05) is 7.11 Å². The average Bonchev–Trinajstić information content (AvgIpc) is 2.70. The molecule has 29 heavy (non-hydrogen) atoms. The molecular formula is C20H19BrN2O5S. The minimum atomic E-state index is -3.86. The number of rotatable bonds is 6. The number of fused-ring (bicyclic) bond motifs is 1. The topological polar surface area (TPSA) is 98.0 Å². The molecule has 0 aliphatic heterocycles. The first kappa shape index (κ1) is 21.1. The number of nitrogens with zero attached hydrogens (tertiary/aromatic N) is 1. The average molecular weight is 479 g/mol. The van der Waals surface area contributed by atoms with Gasteiger partial charge in [-0.25, -0.2) is 0 Å². The zero-order chi connectivity index (χ0) is 21.0. The maximum Gasteiger partial charge on any atom is 0.305 e. The molecule has 0 spiro atoms. The maximum atomic E-state index is 12.6. The molecular weight excluding hydrogens is 460 g/mol. The Bertz CT molecular complexity index is 1220. The highest BCUT2D eigenvalue weighted by atomic mass is 79.9. The molecule has 1 aromatic heterocycles. The van der Waals surface area contributed by atoms with Crippen molar-refractivity contribution in [2.24, 2.45) is 5.10 Å². The Hall–Kier alpha value is -2.65. The number of esters is 1. The second kappa shape index (κ2) is 8.79. The fourth-order valence-electron chi connectivity index (χ4n) is 2.68. The Morgan fingerprint density at radius 2 is 1.93 bits per heavy atom. The first-order valence-electron chi connectivity index (χ1n) is 8.69. The lowest BCUT2D eigenvalue weighted by Gasteiger charge is -2.07. The van der Waals surface area contributed by atoms with Crippen molar-refractivity contribution in [1.82, 2.24) is 4.83 Å². The third-order valence-corrected chi connectivity index (χ3v) is 5.98. The highest BCUT2D eigenvalue weighted by Gasteiger charge is 2.14. The van der Waals surface area contributed by atoms with Crippen LogP contribution >= 0.6 is 15.9 Å². The number of carbonyl (C=O) groups excluding carboxylic acids is 1. The Labute approximate surface area is 176 Å². The molecule has 1 N–H and O–H groups in total. The Kier molecular flexibility index (Phi) is 6.39. The molecule has 0 fully saturated rings. The van der Waals surface area contributed by atoms with Gasteiger partial charge in [0.1, 0.15) is 10.9 Å². The van der Waals surface area contributed by atoms with Crippen molar-refractivity contribution in [3.05, 3.63) is 69.7 Å². The lowest BCUT2D eigenvalue weighted by Crippen LogP contribution is -2.24. The van der Waals surface area contributed by atoms with Gasteiger partial charge in [-0.05, 0) is 43.7 Å². The molecule has 0 saturated heterocycles. The Morgan fingerprint density at radius 1 is 1.21 bits per heavy atom. The van der Waals surface area contributed by atoms with Crippen molar-refractivity contribution in [2.45, 2.75) is 24.7 Å². The van der Waals surface area contributed by atoms with E-state index in [-0.39, 0.29) is 23.7 Å². The van der Waals surface area contributed by atoms with E-state index in [4.69, 9.17) is 4.42 Å². The molecule has 1 heterocycles. The first-order chi connectivity index (χ1) is 13.8. The number of ether oxygens (including phenoxy) is 1. The lowest BCUT2D eigenvalue weighted by molar-refractivity contribution is -0.140. The number of hydrogen-bond donors (Lipinski definition) is 1. The highest BCUT2D eigenvalue weighted by molar-refractivity contribution is 9.10. The highest BCUT2D eigenvalue weighted by Crippen LogP contribution is 2.18. The van der Waals surface area contributed by atoms with E-state index in [1.165, 1.54) is 25.5 Å². The molecule has 0 atom stereocenters. The van der Waals surface area contributed by atoms with Crippen LogP contribution < -0.4 is 10.2 Å². The number of hydrogen-bond acceptors (Lipinski definition) is 6. The number of aryl methyl sites for hydroxylation is 2. The summed E-state index contributed by atoms with van der Waals surface area (Å²) in [6, 6.07) is 11.8. The zero-order valence-corrected chi connectivity index (χ0v) is 18.2. The van der Waals surface area contributed by atoms with Gasteiger partial charge in [0.2, 0.25) is 0 Å². The quantitative estimate of drug-likeness (QED) is 0.432. The van der Waals surface area contributed by atoms with Crippen molar-refractivity contribution >= 4 is 42.9 Å². The van der Waals surface area contributed by atoms with Gasteiger partial charge >= 0.3 is 5.97 Å². The second-order valence-electron chi connectivity index (χ2n) is 6.35. The van der Waals surface area contributed by atoms with Crippen LogP contribution in [-0.4, -0.2) is 21.5 Å². The van der Waals surface area contributed by atoms with Crippen molar-refractivity contribution in [3.63, 3.8) is 0 Å². The molecule has 0 aliphatic carbocycles. The number of methoxy groups -OCH3 is 1. The van der Waals surface area contributed by atoms with Crippen molar-refractivity contribution in [3.8, 4) is 0 Å². The molecule has 2 aromatic carbocycles. The first-order valence-corrected chi connectivity index (χ1v) is 11.0. The van der Waals surface area contributed by atoms with Gasteiger partial charge in [-0.3, -0.25) is 4.79 Å². The number of benzene rings is 2. The van der Waals surface area contributed by atoms with Crippen LogP contribution in [0.2, 0.25) is 0 Å². The van der Waals surface area contributed by atoms with Gasteiger partial charge in [0.15, 0.2) is 0 Å². The molecule has 0 bridgehead atoms. The molecule has 0 aliphatic rings. The summed E-state index contributed by atoms with van der Waals surface area (Å²) in [7, 11) is -2.55. The van der Waals surface area contributed by atoms with Gasteiger partial charge in [0.25, 0.3) is 10.0 Å². The molecule has 0 saturated carbocycles. The number of sulfonamides is 1. The lowest BCUT2D eigenvalue weighted by atomic mass is 10.1. The summed E-state index contributed by atoms with van der Waals surface area (Å²) in [6.45, 7) is 1.87. The summed E-state index contributed by atoms with van der Waals surface area (Å²) in [6.07, 6.45) is 1.86. The van der Waals surface area contributed by atoms with Gasteiger partial charge in [-0.2, -0.15) is 18.4 Å². The standard InChI is InChI=1S/C20H19BrN2O5S/c1-13-3-7-16(8-4-13)29(25,26)23-22-20-14(5-10-19(24)27-2)12-28-18-9-6-15(21)11-17(18)20/h3-4,6-9,11-12,23H,5,10H2,1-2H3/b22-20-. The monoisotopic (exact) mass is 478 g/mol. The van der Waals surface area contributed by atoms with Crippen LogP contribution in [0, 0.1) is 6.92 Å². The fraction of sp³-hybridized carbons (Fsp3) is 0.200. The van der Waals surface area contributed by atoms with Gasteiger partial charge in [-0.15, -0.1) is 0 Å². The molecule has 9 heteroatoms. The van der Waals surface area contributed by atoms with Crippen LogP contribution in [0.4, 0.5) is 0 Å². The van der Waals surface area contributed by atoms with Crippen LogP contribution in [0.5, 0.6) is 0 Å². The zero-order valence-electron chi connectivity index (χ0n) is 15.8. The summed E-state index contributed by atoms with van der Waals surface area (Å²) >= 11 is 3.40. The van der Waals surface area contributed by atoms with E-state index in [1.54, 1.807) is 30.3 Å². The van der Waals surface area contributed by atoms with Crippen LogP contribution in [0.25, 0.3) is 11.0 Å². The van der Waals surface area contributed by atoms with E-state index >= 15 is 0 Å². The van der Waals surface area contributed by atoms with Crippen LogP contribution in [-0.2, 0) is 26.0 Å².